The second-order valence-electron chi connectivity index (χ2n) is 7.07. The van der Waals surface area contributed by atoms with Gasteiger partial charge < -0.3 is 4.74 Å². The number of amides is 2. The lowest BCUT2D eigenvalue weighted by molar-refractivity contribution is -0.121. The van der Waals surface area contributed by atoms with Gasteiger partial charge in [0.25, 0.3) is 0 Å². The van der Waals surface area contributed by atoms with E-state index in [-0.39, 0.29) is 18.2 Å². The summed E-state index contributed by atoms with van der Waals surface area (Å²) in [6.45, 7) is 2.45. The van der Waals surface area contributed by atoms with Crippen LogP contribution < -0.4 is 9.64 Å². The number of carbonyl (C=O) groups excluding carboxylic acids is 2. The van der Waals surface area contributed by atoms with Crippen molar-refractivity contribution in [3.8, 4) is 11.8 Å². The lowest BCUT2D eigenvalue weighted by Crippen LogP contribution is -2.31. The lowest BCUT2D eigenvalue weighted by atomic mass is 9.95. The highest BCUT2D eigenvalue weighted by Crippen LogP contribution is 2.36. The predicted molar refractivity (Wildman–Crippen MR) is 110 cm³/mol. The van der Waals surface area contributed by atoms with Crippen LogP contribution in [0.15, 0.2) is 35.4 Å². The van der Waals surface area contributed by atoms with Crippen molar-refractivity contribution in [2.45, 2.75) is 49.3 Å². The maximum Gasteiger partial charge on any atom is 0.247 e. The van der Waals surface area contributed by atoms with Crippen LogP contribution >= 0.6 is 11.8 Å². The number of hydrogen-bond donors (Lipinski definition) is 0. The van der Waals surface area contributed by atoms with Gasteiger partial charge >= 0.3 is 0 Å². The molecule has 1 atom stereocenters. The van der Waals surface area contributed by atoms with Crippen LogP contribution in [-0.4, -0.2) is 28.7 Å². The number of rotatable bonds is 5. The minimum absolute atomic E-state index is 0.0976. The first-order valence-corrected chi connectivity index (χ1v) is 10.7. The van der Waals surface area contributed by atoms with Gasteiger partial charge in [-0.3, -0.25) is 9.59 Å². The van der Waals surface area contributed by atoms with Gasteiger partial charge in [-0.05, 0) is 68.5 Å². The first-order chi connectivity index (χ1) is 14.1. The topological polar surface area (TPSA) is 83.3 Å². The van der Waals surface area contributed by atoms with Crippen LogP contribution in [0.5, 0.6) is 5.75 Å². The van der Waals surface area contributed by atoms with Gasteiger partial charge in [-0.25, -0.2) is 9.88 Å². The molecule has 1 aromatic heterocycles. The number of imide groups is 1. The largest absolute Gasteiger partial charge is 0.494 e. The summed E-state index contributed by atoms with van der Waals surface area (Å²) in [7, 11) is 0. The lowest BCUT2D eigenvalue weighted by Gasteiger charge is -2.18. The molecule has 1 fully saturated rings. The zero-order valence-corrected chi connectivity index (χ0v) is 17.0. The highest BCUT2D eigenvalue weighted by atomic mass is 32.2. The molecule has 2 aliphatic rings. The fraction of sp³-hybridized carbons (Fsp3) is 0.364. The first-order valence-electron chi connectivity index (χ1n) is 9.80. The number of pyridine rings is 1. The number of thioether (sulfide) groups is 1. The van der Waals surface area contributed by atoms with Crippen molar-refractivity contribution in [3.05, 3.63) is 47.2 Å². The normalized spacial score (nSPS) is 18.5. The quantitative estimate of drug-likeness (QED) is 0.704. The van der Waals surface area contributed by atoms with Crippen LogP contribution in [0, 0.1) is 11.3 Å². The summed E-state index contributed by atoms with van der Waals surface area (Å²) in [6.07, 6.45) is 4.13. The second kappa shape index (κ2) is 8.26. The van der Waals surface area contributed by atoms with Crippen LogP contribution in [0.4, 0.5) is 5.69 Å². The molecule has 29 heavy (non-hydrogen) atoms. The molecule has 6 nitrogen and oxygen atoms in total. The molecule has 1 saturated heterocycles. The molecule has 0 bridgehead atoms. The van der Waals surface area contributed by atoms with Gasteiger partial charge in [0.05, 0.1) is 23.1 Å². The Hall–Kier alpha value is -2.85. The van der Waals surface area contributed by atoms with E-state index in [9.17, 15) is 14.9 Å². The molecule has 0 saturated carbocycles. The number of ether oxygens (including phenoxy) is 1. The van der Waals surface area contributed by atoms with Gasteiger partial charge in [0.15, 0.2) is 0 Å². The molecule has 0 radical (unpaired) electrons. The summed E-state index contributed by atoms with van der Waals surface area (Å²) in [5.74, 6) is 0.180. The molecule has 7 heteroatoms. The zero-order chi connectivity index (χ0) is 20.4. The average molecular weight is 407 g/mol. The highest BCUT2D eigenvalue weighted by molar-refractivity contribution is 8.00. The third kappa shape index (κ3) is 3.85. The fourth-order valence-electron chi connectivity index (χ4n) is 3.74. The van der Waals surface area contributed by atoms with E-state index >= 15 is 0 Å². The van der Waals surface area contributed by atoms with Crippen LogP contribution in [-0.2, 0) is 22.4 Å². The number of aromatic nitrogens is 1. The monoisotopic (exact) mass is 407 g/mol. The summed E-state index contributed by atoms with van der Waals surface area (Å²) in [5, 5.41) is 9.51. The predicted octanol–water partition coefficient (Wildman–Crippen LogP) is 3.65. The van der Waals surface area contributed by atoms with Gasteiger partial charge in [0.2, 0.25) is 11.8 Å². The van der Waals surface area contributed by atoms with E-state index in [0.717, 1.165) is 36.9 Å². The van der Waals surface area contributed by atoms with Crippen LogP contribution in [0.3, 0.4) is 0 Å². The summed E-state index contributed by atoms with van der Waals surface area (Å²) < 4.78 is 5.42. The number of fused-ring (bicyclic) bond motifs is 1. The summed E-state index contributed by atoms with van der Waals surface area (Å²) in [6, 6.07) is 11.0. The molecule has 2 amide bonds. The van der Waals surface area contributed by atoms with E-state index in [4.69, 9.17) is 4.74 Å². The molecular formula is C22H21N3O3S. The Labute approximate surface area is 173 Å². The third-order valence-corrected chi connectivity index (χ3v) is 6.34. The van der Waals surface area contributed by atoms with Crippen molar-refractivity contribution in [2.24, 2.45) is 0 Å². The SMILES string of the molecule is CCOc1ccc(N2C(=O)C[C@H](Sc3nc4c(cc3C#N)CCCC4)C2=O)cc1. The summed E-state index contributed by atoms with van der Waals surface area (Å²) >= 11 is 1.23. The Morgan fingerprint density at radius 1 is 1.24 bits per heavy atom. The number of benzene rings is 1. The fourth-order valence-corrected chi connectivity index (χ4v) is 4.84. The molecule has 0 unspecified atom stereocenters. The molecule has 1 aliphatic carbocycles. The van der Waals surface area contributed by atoms with Gasteiger partial charge in [-0.1, -0.05) is 11.8 Å². The van der Waals surface area contributed by atoms with Crippen molar-refractivity contribution >= 4 is 29.3 Å². The number of anilines is 1. The Morgan fingerprint density at radius 2 is 2.00 bits per heavy atom. The van der Waals surface area contributed by atoms with Crippen LogP contribution in [0.2, 0.25) is 0 Å². The Morgan fingerprint density at radius 3 is 2.72 bits per heavy atom. The van der Waals surface area contributed by atoms with E-state index in [1.807, 2.05) is 13.0 Å². The van der Waals surface area contributed by atoms with Crippen molar-refractivity contribution < 1.29 is 14.3 Å². The second-order valence-corrected chi connectivity index (χ2v) is 8.26. The third-order valence-electron chi connectivity index (χ3n) is 5.15. The van der Waals surface area contributed by atoms with Gasteiger partial charge in [-0.2, -0.15) is 5.26 Å². The van der Waals surface area contributed by atoms with Crippen LogP contribution in [0.1, 0.15) is 43.0 Å². The molecule has 1 aromatic carbocycles. The van der Waals surface area contributed by atoms with E-state index < -0.39 is 5.25 Å². The molecular weight excluding hydrogens is 386 g/mol. The highest BCUT2D eigenvalue weighted by Gasteiger charge is 2.40. The molecule has 148 valence electrons. The number of hydrogen-bond acceptors (Lipinski definition) is 6. The van der Waals surface area contributed by atoms with E-state index in [2.05, 4.69) is 11.1 Å². The molecule has 0 spiro atoms. The molecule has 2 aromatic rings. The minimum Gasteiger partial charge on any atom is -0.494 e. The maximum atomic E-state index is 13.0. The molecule has 2 heterocycles. The standard InChI is InChI=1S/C22H21N3O3S/c1-2-28-17-9-7-16(8-10-17)25-20(26)12-19(22(25)27)29-21-15(13-23)11-14-5-3-4-6-18(14)24-21/h7-11,19H,2-6,12H2,1H3/t19-/m0/s1. The van der Waals surface area contributed by atoms with Gasteiger partial charge in [-0.15, -0.1) is 0 Å². The van der Waals surface area contributed by atoms with E-state index in [1.165, 1.54) is 16.7 Å². The Bertz CT molecular complexity index is 998. The Balaban J connectivity index is 1.56. The molecule has 0 N–H and O–H groups in total. The first kappa shape index (κ1) is 19.5. The average Bonchev–Trinajstić information content (AvgIpc) is 3.01. The number of carbonyl (C=O) groups is 2. The zero-order valence-electron chi connectivity index (χ0n) is 16.2. The van der Waals surface area contributed by atoms with E-state index in [1.54, 1.807) is 24.3 Å². The molecule has 1 aliphatic heterocycles. The summed E-state index contributed by atoms with van der Waals surface area (Å²) in [4.78, 5) is 31.4. The van der Waals surface area contributed by atoms with Gasteiger partial charge in [0, 0.05) is 12.1 Å². The van der Waals surface area contributed by atoms with Crippen molar-refractivity contribution in [2.75, 3.05) is 11.5 Å². The van der Waals surface area contributed by atoms with Crippen molar-refractivity contribution in [1.29, 1.82) is 5.26 Å². The minimum atomic E-state index is -0.574. The summed E-state index contributed by atoms with van der Waals surface area (Å²) in [5.41, 5.74) is 3.15. The van der Waals surface area contributed by atoms with Crippen molar-refractivity contribution in [3.63, 3.8) is 0 Å². The number of nitrogens with zero attached hydrogens (tertiary/aromatic N) is 3. The van der Waals surface area contributed by atoms with Gasteiger partial charge in [0.1, 0.15) is 16.8 Å². The van der Waals surface area contributed by atoms with Crippen LogP contribution in [0.25, 0.3) is 0 Å². The maximum absolute atomic E-state index is 13.0. The number of aryl methyl sites for hydroxylation is 2. The van der Waals surface area contributed by atoms with E-state index in [0.29, 0.717) is 28.6 Å². The Kier molecular flexibility index (Phi) is 5.54. The van der Waals surface area contributed by atoms with Crippen molar-refractivity contribution in [1.82, 2.24) is 4.98 Å². The smallest absolute Gasteiger partial charge is 0.247 e. The molecule has 4 rings (SSSR count). The number of nitriles is 1.